The second-order valence-electron chi connectivity index (χ2n) is 13.3. The molecule has 0 saturated heterocycles. The second-order valence-corrected chi connectivity index (χ2v) is 52.7. The Labute approximate surface area is 211 Å². The molecule has 0 heterocycles. The van der Waals surface area contributed by atoms with Gasteiger partial charge in [0.2, 0.25) is 0 Å². The van der Waals surface area contributed by atoms with Crippen molar-refractivity contribution in [2.45, 2.75) is 90.9 Å². The van der Waals surface area contributed by atoms with E-state index in [0.29, 0.717) is 6.42 Å². The van der Waals surface area contributed by atoms with Gasteiger partial charge >= 0.3 is 0 Å². The largest absolute Gasteiger partial charge is 0.423 e. The first-order valence-corrected chi connectivity index (χ1v) is 28.0. The lowest BCUT2D eigenvalue weighted by Gasteiger charge is -2.58. The fraction of sp³-hybridized carbons (Fsp3) is 0.556. The van der Waals surface area contributed by atoms with Crippen molar-refractivity contribution in [2.24, 2.45) is 5.92 Å². The quantitative estimate of drug-likeness (QED) is 0.317. The molecule has 0 aliphatic heterocycles. The Hall–Kier alpha value is -0.842. The predicted molar refractivity (Wildman–Crippen MR) is 156 cm³/mol. The number of hydrogen-bond acceptors (Lipinski definition) is 2. The summed E-state index contributed by atoms with van der Waals surface area (Å²) in [6, 6.07) is 16.2. The summed E-state index contributed by atoms with van der Waals surface area (Å²) in [5, 5.41) is 12.3. The average molecular weight is 535 g/mol. The lowest BCUT2D eigenvalue weighted by atomic mass is 9.80. The fourth-order valence-corrected chi connectivity index (χ4v) is 101. The van der Waals surface area contributed by atoms with Gasteiger partial charge in [-0.15, -0.1) is 0 Å². The van der Waals surface area contributed by atoms with Crippen molar-refractivity contribution in [1.29, 1.82) is 0 Å². The van der Waals surface area contributed by atoms with E-state index in [-0.39, 0.29) is 17.8 Å². The summed E-state index contributed by atoms with van der Waals surface area (Å²) in [5.41, 5.74) is 0.301. The van der Waals surface area contributed by atoms with Crippen LogP contribution in [0.1, 0.15) is 31.4 Å². The van der Waals surface area contributed by atoms with Gasteiger partial charge in [0.1, 0.15) is 11.4 Å². The molecule has 0 amide bonds. The van der Waals surface area contributed by atoms with E-state index in [9.17, 15) is 9.50 Å². The van der Waals surface area contributed by atoms with Gasteiger partial charge in [0.05, 0.1) is 22.8 Å². The van der Waals surface area contributed by atoms with Gasteiger partial charge in [0, 0.05) is 12.5 Å². The molecule has 2 atom stereocenters. The van der Waals surface area contributed by atoms with Crippen LogP contribution in [0.4, 0.5) is 4.39 Å². The van der Waals surface area contributed by atoms with Gasteiger partial charge < -0.3 is 9.53 Å². The van der Waals surface area contributed by atoms with Gasteiger partial charge in [-0.05, 0) is 29.2 Å². The van der Waals surface area contributed by atoms with Crippen molar-refractivity contribution in [2.75, 3.05) is 0 Å². The summed E-state index contributed by atoms with van der Waals surface area (Å²) in [5.74, 6) is -0.0370. The Morgan fingerprint density at radius 2 is 1.15 bits per heavy atom. The smallest absolute Gasteiger partial charge is 0.158 e. The molecule has 0 bridgehead atoms. The van der Waals surface area contributed by atoms with Crippen molar-refractivity contribution in [3.8, 4) is 0 Å². The number of halogens is 1. The van der Waals surface area contributed by atoms with E-state index in [0.717, 1.165) is 11.1 Å². The molecular formula is C27H47FO2Si4. The molecule has 0 fully saturated rings. The first kappa shape index (κ1) is 29.4. The minimum Gasteiger partial charge on any atom is -0.423 e. The fourth-order valence-electron chi connectivity index (χ4n) is 6.68. The van der Waals surface area contributed by atoms with Crippen LogP contribution in [0, 0.1) is 11.7 Å². The van der Waals surface area contributed by atoms with Crippen molar-refractivity contribution < 1.29 is 13.9 Å². The van der Waals surface area contributed by atoms with Crippen LogP contribution in [0.15, 0.2) is 54.6 Å². The zero-order valence-electron chi connectivity index (χ0n) is 23.3. The zero-order valence-corrected chi connectivity index (χ0v) is 27.3. The van der Waals surface area contributed by atoms with E-state index in [2.05, 4.69) is 72.8 Å². The van der Waals surface area contributed by atoms with E-state index in [1.165, 1.54) is 12.1 Å². The minimum absolute atomic E-state index is 0.0768. The highest BCUT2D eigenvalue weighted by molar-refractivity contribution is 7.87. The van der Waals surface area contributed by atoms with Gasteiger partial charge in [-0.3, -0.25) is 0 Å². The van der Waals surface area contributed by atoms with Crippen LogP contribution >= 0.6 is 0 Å². The van der Waals surface area contributed by atoms with Gasteiger partial charge in [-0.2, -0.15) is 0 Å². The number of rotatable bonds is 10. The van der Waals surface area contributed by atoms with Crippen LogP contribution in [-0.2, 0) is 10.0 Å². The molecule has 0 unspecified atom stereocenters. The summed E-state index contributed by atoms with van der Waals surface area (Å²) in [6.45, 7) is 25.1. The SMILES string of the molecule is CC(C)[C@@H](C[C@@](O)(c1ccccc1)c1ccc(F)cc1)O[Si]([Si](C)(C)C)([Si](C)(C)C)[Si](C)(C)C. The maximum Gasteiger partial charge on any atom is 0.158 e. The van der Waals surface area contributed by atoms with Crippen LogP contribution in [0.25, 0.3) is 0 Å². The maximum absolute atomic E-state index is 13.8. The monoisotopic (exact) mass is 534 g/mol. The van der Waals surface area contributed by atoms with Gasteiger partial charge in [-0.1, -0.05) is 115 Å². The molecule has 0 saturated carbocycles. The summed E-state index contributed by atoms with van der Waals surface area (Å²) < 4.78 is 21.4. The van der Waals surface area contributed by atoms with Crippen molar-refractivity contribution in [3.05, 3.63) is 71.5 Å². The molecule has 190 valence electrons. The molecule has 1 N–H and O–H groups in total. The first-order chi connectivity index (χ1) is 15.4. The third kappa shape index (κ3) is 5.76. The third-order valence-corrected chi connectivity index (χ3v) is 74.9. The average Bonchev–Trinajstić information content (AvgIpc) is 2.68. The highest BCUT2D eigenvalue weighted by Gasteiger charge is 2.64. The molecule has 34 heavy (non-hydrogen) atoms. The van der Waals surface area contributed by atoms with E-state index in [4.69, 9.17) is 4.43 Å². The summed E-state index contributed by atoms with van der Waals surface area (Å²) in [6.07, 6.45) is 0.390. The zero-order chi connectivity index (χ0) is 26.2. The molecule has 2 rings (SSSR count). The van der Waals surface area contributed by atoms with Crippen LogP contribution < -0.4 is 0 Å². The molecule has 0 aliphatic carbocycles. The Balaban J connectivity index is 2.69. The Morgan fingerprint density at radius 3 is 1.53 bits per heavy atom. The number of aliphatic hydroxyl groups is 1. The van der Waals surface area contributed by atoms with Crippen LogP contribution in [0.2, 0.25) is 58.9 Å². The van der Waals surface area contributed by atoms with Crippen LogP contribution in [0.5, 0.6) is 0 Å². The standard InChI is InChI=1S/C27H47FO2Si4/c1-22(2)26(30-34(31(3,4)5,32(6,7)8)33(9,10)11)21-27(29,23-15-13-12-14-16-23)24-17-19-25(28)20-18-24/h12-20,22,26,29H,21H2,1-11H3/t26-,27-/m1/s1. The van der Waals surface area contributed by atoms with Gasteiger partial charge in [0.25, 0.3) is 0 Å². The lowest BCUT2D eigenvalue weighted by molar-refractivity contribution is 0.0112. The Kier molecular flexibility index (Phi) is 8.87. The Morgan fingerprint density at radius 1 is 0.735 bits per heavy atom. The molecule has 2 aromatic rings. The number of benzene rings is 2. The molecule has 0 spiro atoms. The third-order valence-electron chi connectivity index (χ3n) is 7.31. The lowest BCUT2D eigenvalue weighted by Crippen LogP contribution is -2.85. The molecular weight excluding hydrogens is 488 g/mol. The normalized spacial score (nSPS) is 16.4. The molecule has 2 aromatic carbocycles. The highest BCUT2D eigenvalue weighted by atomic mass is 29.9. The molecule has 7 heteroatoms. The van der Waals surface area contributed by atoms with Crippen LogP contribution in [0.3, 0.4) is 0 Å². The van der Waals surface area contributed by atoms with Crippen LogP contribution in [-0.4, -0.2) is 40.9 Å². The van der Waals surface area contributed by atoms with Crippen molar-refractivity contribution >= 4 is 29.6 Å². The maximum atomic E-state index is 13.8. The van der Waals surface area contributed by atoms with Gasteiger partial charge in [0.15, 0.2) is 6.87 Å². The summed E-state index contributed by atoms with van der Waals surface area (Å²) in [7, 11) is -4.95. The minimum atomic E-state index is -2.09. The second kappa shape index (κ2) is 10.3. The summed E-state index contributed by atoms with van der Waals surface area (Å²) in [4.78, 5) is 0. The van der Waals surface area contributed by atoms with Crippen molar-refractivity contribution in [1.82, 2.24) is 0 Å². The molecule has 2 nitrogen and oxygen atoms in total. The molecule has 0 radical (unpaired) electrons. The molecule has 0 aromatic heterocycles. The highest BCUT2D eigenvalue weighted by Crippen LogP contribution is 2.43. The van der Waals surface area contributed by atoms with Crippen molar-refractivity contribution in [3.63, 3.8) is 0 Å². The van der Waals surface area contributed by atoms with E-state index in [1.807, 2.05) is 30.3 Å². The van der Waals surface area contributed by atoms with E-state index < -0.39 is 35.2 Å². The van der Waals surface area contributed by atoms with E-state index >= 15 is 0 Å². The Bertz CT molecular complexity index is 892. The topological polar surface area (TPSA) is 29.5 Å². The molecule has 0 aliphatic rings. The summed E-state index contributed by atoms with van der Waals surface area (Å²) >= 11 is 0. The van der Waals surface area contributed by atoms with E-state index in [1.54, 1.807) is 12.1 Å². The number of hydrogen-bond donors (Lipinski definition) is 1. The van der Waals surface area contributed by atoms with Gasteiger partial charge in [-0.25, -0.2) is 4.39 Å². The predicted octanol–water partition coefficient (Wildman–Crippen LogP) is 7.69. The first-order valence-electron chi connectivity index (χ1n) is 12.6.